The van der Waals surface area contributed by atoms with E-state index in [1.807, 2.05) is 0 Å². The number of ether oxygens (including phenoxy) is 1. The Morgan fingerprint density at radius 3 is 2.52 bits per heavy atom. The van der Waals surface area contributed by atoms with E-state index in [1.54, 1.807) is 0 Å². The molecule has 0 fully saturated rings. The Kier molecular flexibility index (Phi) is 5.49. The van der Waals surface area contributed by atoms with E-state index < -0.39 is 0 Å². The molecule has 0 radical (unpaired) electrons. The lowest BCUT2D eigenvalue weighted by Gasteiger charge is -2.27. The minimum atomic E-state index is 0.782. The van der Waals surface area contributed by atoms with Gasteiger partial charge in [-0.1, -0.05) is 61.5 Å². The average Bonchev–Trinajstić information content (AvgIpc) is 2.62. The van der Waals surface area contributed by atoms with Crippen molar-refractivity contribution in [2.75, 3.05) is 19.7 Å². The second-order valence-electron chi connectivity index (χ2n) is 6.04. The van der Waals surface area contributed by atoms with Crippen molar-refractivity contribution in [3.05, 3.63) is 71.8 Å². The van der Waals surface area contributed by atoms with Crippen molar-refractivity contribution in [1.82, 2.24) is 4.90 Å². The van der Waals surface area contributed by atoms with E-state index in [0.29, 0.717) is 0 Å². The fraction of sp³-hybridized carbons (Fsp3) is 0.333. The lowest BCUT2D eigenvalue weighted by molar-refractivity contribution is 0.292. The molecule has 3 rings (SSSR count). The number of para-hydroxylation sites is 1. The van der Waals surface area contributed by atoms with Crippen molar-refractivity contribution in [1.29, 1.82) is 0 Å². The van der Waals surface area contributed by atoms with E-state index in [-0.39, 0.29) is 0 Å². The molecule has 0 unspecified atom stereocenters. The van der Waals surface area contributed by atoms with Crippen molar-refractivity contribution in [3.63, 3.8) is 0 Å². The Hall–Kier alpha value is -2.06. The van der Waals surface area contributed by atoms with Crippen molar-refractivity contribution in [2.45, 2.75) is 26.3 Å². The topological polar surface area (TPSA) is 12.5 Å². The highest BCUT2D eigenvalue weighted by Crippen LogP contribution is 2.30. The monoisotopic (exact) mass is 307 g/mol. The molecule has 0 spiro atoms. The van der Waals surface area contributed by atoms with Crippen LogP contribution in [0.4, 0.5) is 0 Å². The second kappa shape index (κ2) is 7.98. The fourth-order valence-electron chi connectivity index (χ4n) is 3.01. The third kappa shape index (κ3) is 4.23. The summed E-state index contributed by atoms with van der Waals surface area (Å²) in [6.07, 6.45) is 4.48. The molecule has 1 aliphatic rings. The third-order valence-electron chi connectivity index (χ3n) is 4.24. The third-order valence-corrected chi connectivity index (χ3v) is 4.24. The van der Waals surface area contributed by atoms with Crippen molar-refractivity contribution < 1.29 is 4.74 Å². The predicted molar refractivity (Wildman–Crippen MR) is 96.5 cm³/mol. The van der Waals surface area contributed by atoms with Crippen molar-refractivity contribution in [3.8, 4) is 5.75 Å². The quantitative estimate of drug-likeness (QED) is 0.762. The van der Waals surface area contributed by atoms with Gasteiger partial charge in [-0.2, -0.15) is 0 Å². The largest absolute Gasteiger partial charge is 0.493 e. The predicted octanol–water partition coefficient (Wildman–Crippen LogP) is 4.76. The first-order valence-electron chi connectivity index (χ1n) is 8.54. The highest BCUT2D eigenvalue weighted by atomic mass is 16.5. The average molecular weight is 307 g/mol. The standard InChI is InChI=1S/C21H25NO/c1-2-16-23-21-11-7-6-10-20(21)19-12-14-22(15-13-19)17-18-8-4-3-5-9-18/h3-12H,2,13-17H2,1H3. The minimum Gasteiger partial charge on any atom is -0.493 e. The summed E-state index contributed by atoms with van der Waals surface area (Å²) in [7, 11) is 0. The zero-order valence-corrected chi connectivity index (χ0v) is 13.9. The Morgan fingerprint density at radius 2 is 1.78 bits per heavy atom. The molecule has 0 aliphatic carbocycles. The Balaban J connectivity index is 1.67. The van der Waals surface area contributed by atoms with Crippen LogP contribution in [-0.4, -0.2) is 24.6 Å². The first-order chi connectivity index (χ1) is 11.4. The molecule has 0 N–H and O–H groups in total. The van der Waals surface area contributed by atoms with Gasteiger partial charge in [0.05, 0.1) is 6.61 Å². The summed E-state index contributed by atoms with van der Waals surface area (Å²) in [6.45, 7) is 6.06. The van der Waals surface area contributed by atoms with Crippen LogP contribution in [0.3, 0.4) is 0 Å². The zero-order chi connectivity index (χ0) is 15.9. The van der Waals surface area contributed by atoms with Crippen LogP contribution < -0.4 is 4.74 Å². The molecule has 120 valence electrons. The molecule has 0 amide bonds. The number of rotatable bonds is 6. The molecular weight excluding hydrogens is 282 g/mol. The van der Waals surface area contributed by atoms with Crippen LogP contribution in [0.15, 0.2) is 60.7 Å². The summed E-state index contributed by atoms with van der Waals surface area (Å²) in [5.41, 5.74) is 4.07. The number of hydrogen-bond donors (Lipinski definition) is 0. The highest BCUT2D eigenvalue weighted by molar-refractivity contribution is 5.71. The van der Waals surface area contributed by atoms with E-state index in [0.717, 1.165) is 44.8 Å². The maximum atomic E-state index is 5.91. The molecule has 0 atom stereocenters. The molecule has 23 heavy (non-hydrogen) atoms. The van der Waals surface area contributed by atoms with Gasteiger partial charge in [-0.15, -0.1) is 0 Å². The van der Waals surface area contributed by atoms with Crippen molar-refractivity contribution in [2.24, 2.45) is 0 Å². The highest BCUT2D eigenvalue weighted by Gasteiger charge is 2.15. The van der Waals surface area contributed by atoms with Gasteiger partial charge in [-0.05, 0) is 30.0 Å². The summed E-state index contributed by atoms with van der Waals surface area (Å²) in [5, 5.41) is 0. The van der Waals surface area contributed by atoms with E-state index in [2.05, 4.69) is 72.5 Å². The molecule has 2 heteroatoms. The van der Waals surface area contributed by atoms with Crippen LogP contribution >= 0.6 is 0 Å². The van der Waals surface area contributed by atoms with E-state index in [1.165, 1.54) is 16.7 Å². The molecule has 0 aromatic heterocycles. The number of hydrogen-bond acceptors (Lipinski definition) is 2. The van der Waals surface area contributed by atoms with Gasteiger partial charge in [0.1, 0.15) is 5.75 Å². The molecule has 0 bridgehead atoms. The smallest absolute Gasteiger partial charge is 0.126 e. The van der Waals surface area contributed by atoms with Crippen LogP contribution in [-0.2, 0) is 6.54 Å². The maximum absolute atomic E-state index is 5.91. The SMILES string of the molecule is CCCOc1ccccc1C1=CCN(Cc2ccccc2)CC1. The fourth-order valence-corrected chi connectivity index (χ4v) is 3.01. The summed E-state index contributed by atoms with van der Waals surface area (Å²) in [6, 6.07) is 19.1. The summed E-state index contributed by atoms with van der Waals surface area (Å²) >= 11 is 0. The second-order valence-corrected chi connectivity index (χ2v) is 6.04. The van der Waals surface area contributed by atoms with Gasteiger partial charge in [0.2, 0.25) is 0 Å². The first kappa shape index (κ1) is 15.8. The summed E-state index contributed by atoms with van der Waals surface area (Å²) < 4.78 is 5.91. The Labute approximate surface area is 139 Å². The molecule has 0 saturated carbocycles. The van der Waals surface area contributed by atoms with Crippen LogP contribution in [0.2, 0.25) is 0 Å². The molecule has 1 heterocycles. The molecule has 2 aromatic rings. The molecular formula is C21H25NO. The lowest BCUT2D eigenvalue weighted by atomic mass is 9.98. The first-order valence-corrected chi connectivity index (χ1v) is 8.54. The zero-order valence-electron chi connectivity index (χ0n) is 13.9. The lowest BCUT2D eigenvalue weighted by Crippen LogP contribution is -2.28. The van der Waals surface area contributed by atoms with E-state index in [4.69, 9.17) is 4.74 Å². The van der Waals surface area contributed by atoms with Gasteiger partial charge < -0.3 is 4.74 Å². The Morgan fingerprint density at radius 1 is 1.00 bits per heavy atom. The van der Waals surface area contributed by atoms with Gasteiger partial charge in [0.15, 0.2) is 0 Å². The van der Waals surface area contributed by atoms with Crippen LogP contribution in [0.1, 0.15) is 30.9 Å². The molecule has 2 aromatic carbocycles. The normalized spacial score (nSPS) is 15.3. The molecule has 0 saturated heterocycles. The van der Waals surface area contributed by atoms with Gasteiger partial charge in [-0.25, -0.2) is 0 Å². The summed E-state index contributed by atoms with van der Waals surface area (Å²) in [4.78, 5) is 2.49. The van der Waals surface area contributed by atoms with Crippen LogP contribution in [0, 0.1) is 0 Å². The number of benzene rings is 2. The Bertz CT molecular complexity index is 648. The van der Waals surface area contributed by atoms with Gasteiger partial charge in [0, 0.05) is 25.2 Å². The maximum Gasteiger partial charge on any atom is 0.126 e. The minimum absolute atomic E-state index is 0.782. The van der Waals surface area contributed by atoms with Crippen molar-refractivity contribution >= 4 is 5.57 Å². The molecule has 2 nitrogen and oxygen atoms in total. The number of nitrogens with zero attached hydrogens (tertiary/aromatic N) is 1. The van der Waals surface area contributed by atoms with E-state index in [9.17, 15) is 0 Å². The van der Waals surface area contributed by atoms with E-state index >= 15 is 0 Å². The van der Waals surface area contributed by atoms with Gasteiger partial charge >= 0.3 is 0 Å². The van der Waals surface area contributed by atoms with Crippen LogP contribution in [0.25, 0.3) is 5.57 Å². The summed E-state index contributed by atoms with van der Waals surface area (Å²) in [5.74, 6) is 1.03. The molecule has 1 aliphatic heterocycles. The van der Waals surface area contributed by atoms with Gasteiger partial charge in [0.25, 0.3) is 0 Å². The van der Waals surface area contributed by atoms with Gasteiger partial charge in [-0.3, -0.25) is 4.90 Å². The van der Waals surface area contributed by atoms with Crippen LogP contribution in [0.5, 0.6) is 5.75 Å².